The maximum absolute atomic E-state index is 12.1. The Morgan fingerprint density at radius 3 is 2.23 bits per heavy atom. The van der Waals surface area contributed by atoms with Gasteiger partial charge in [0.2, 0.25) is 5.88 Å². The van der Waals surface area contributed by atoms with E-state index in [-0.39, 0.29) is 0 Å². The second kappa shape index (κ2) is 4.92. The molecule has 0 aliphatic heterocycles. The van der Waals surface area contributed by atoms with E-state index in [9.17, 15) is 9.90 Å². The highest BCUT2D eigenvalue weighted by Gasteiger charge is 2.90. The van der Waals surface area contributed by atoms with Gasteiger partial charge >= 0.3 is 6.09 Å². The predicted octanol–water partition coefficient (Wildman–Crippen LogP) is -0.523. The summed E-state index contributed by atoms with van der Waals surface area (Å²) in [5.41, 5.74) is -0.800. The van der Waals surface area contributed by atoms with Crippen LogP contribution >= 0.6 is 0 Å². The van der Waals surface area contributed by atoms with Gasteiger partial charge in [0.25, 0.3) is 0 Å². The third-order valence-electron chi connectivity index (χ3n) is 6.88. The molecule has 1 N–H and O–H groups in total. The lowest BCUT2D eigenvalue weighted by molar-refractivity contribution is -0.00740. The fourth-order valence-electron chi connectivity index (χ4n) is 5.14. The molecule has 26 heavy (non-hydrogen) atoms. The molecule has 0 saturated heterocycles. The normalized spacial score (nSPS) is 24.9. The van der Waals surface area contributed by atoms with E-state index in [1.807, 2.05) is 44.3 Å². The zero-order chi connectivity index (χ0) is 19.2. The number of carbonyl (C=O) groups excluding carboxylic acids is 1. The van der Waals surface area contributed by atoms with E-state index < -0.39 is 22.6 Å². The fourth-order valence-corrected chi connectivity index (χ4v) is 5.14. The number of aromatic nitrogens is 2. The molecule has 138 valence electrons. The number of nitrogens with zero attached hydrogens (tertiary/aromatic N) is 2. The molecule has 0 aromatic carbocycles. The molecule has 1 aromatic heterocycles. The molecule has 3 saturated carbocycles. The van der Waals surface area contributed by atoms with Crippen LogP contribution < -0.4 is 4.74 Å². The van der Waals surface area contributed by atoms with Gasteiger partial charge in [-0.25, -0.2) is 4.79 Å². The highest BCUT2D eigenvalue weighted by atomic mass is 16.6. The number of aliphatic hydroxyl groups is 1. The fraction of sp³-hybridized carbons (Fsp3) is 0.765. The molecular weight excluding hydrogens is 329 g/mol. The number of ether oxygens (including phenoxy) is 2. The highest BCUT2D eigenvalue weighted by Crippen LogP contribution is 2.94. The SMILES string of the molecule is BC(B)(Oc1ccn(C(=O)OC(C)(C)C)n1)C(B)(O)C1C2(CC2)C12CC2. The Morgan fingerprint density at radius 1 is 1.23 bits per heavy atom. The topological polar surface area (TPSA) is 73.6 Å². The molecule has 6 nitrogen and oxygen atoms in total. The molecule has 0 radical (unpaired) electrons. The van der Waals surface area contributed by atoms with Crippen LogP contribution in [0.2, 0.25) is 0 Å². The maximum Gasteiger partial charge on any atom is 0.435 e. The first-order valence-electron chi connectivity index (χ1n) is 9.55. The van der Waals surface area contributed by atoms with Gasteiger partial charge in [0.1, 0.15) is 29.1 Å². The van der Waals surface area contributed by atoms with Gasteiger partial charge in [0.15, 0.2) is 0 Å². The average Bonchev–Trinajstić information content (AvgIpc) is 3.42. The summed E-state index contributed by atoms with van der Waals surface area (Å²) >= 11 is 0. The van der Waals surface area contributed by atoms with Crippen LogP contribution in [-0.2, 0) is 4.74 Å². The average molecular weight is 356 g/mol. The molecule has 1 unspecified atom stereocenters. The zero-order valence-corrected chi connectivity index (χ0v) is 16.6. The first-order valence-corrected chi connectivity index (χ1v) is 9.55. The lowest BCUT2D eigenvalue weighted by Gasteiger charge is -2.41. The molecule has 3 aliphatic carbocycles. The Balaban J connectivity index is 1.48. The van der Waals surface area contributed by atoms with Crippen molar-refractivity contribution in [3.05, 3.63) is 12.3 Å². The summed E-state index contributed by atoms with van der Waals surface area (Å²) in [5, 5.41) is 14.8. The van der Waals surface area contributed by atoms with Crippen LogP contribution in [0.5, 0.6) is 5.88 Å². The molecule has 1 heterocycles. The lowest BCUT2D eigenvalue weighted by Crippen LogP contribution is -2.62. The Morgan fingerprint density at radius 2 is 1.77 bits per heavy atom. The van der Waals surface area contributed by atoms with E-state index >= 15 is 0 Å². The number of hydrogen-bond donors (Lipinski definition) is 1. The summed E-state index contributed by atoms with van der Waals surface area (Å²) in [6.45, 7) is 5.43. The highest BCUT2D eigenvalue weighted by molar-refractivity contribution is 6.44. The number of carbonyl (C=O) groups is 1. The van der Waals surface area contributed by atoms with Gasteiger partial charge in [0.05, 0.1) is 10.9 Å². The number of hydrogen-bond acceptors (Lipinski definition) is 5. The molecule has 4 rings (SSSR count). The second-order valence-electron chi connectivity index (χ2n) is 10.1. The maximum atomic E-state index is 12.1. The van der Waals surface area contributed by atoms with Gasteiger partial charge in [-0.15, -0.1) is 5.10 Å². The summed E-state index contributed by atoms with van der Waals surface area (Å²) in [6, 6.07) is 1.63. The van der Waals surface area contributed by atoms with Gasteiger partial charge in [-0.2, -0.15) is 4.68 Å². The summed E-state index contributed by atoms with van der Waals surface area (Å²) in [6.07, 6.45) is 5.91. The minimum Gasteiger partial charge on any atom is -0.487 e. The minimum atomic E-state index is -0.949. The molecule has 0 bridgehead atoms. The van der Waals surface area contributed by atoms with E-state index in [4.69, 9.17) is 9.47 Å². The van der Waals surface area contributed by atoms with Crippen molar-refractivity contribution >= 4 is 29.6 Å². The van der Waals surface area contributed by atoms with Crippen molar-refractivity contribution < 1.29 is 19.4 Å². The van der Waals surface area contributed by atoms with Crippen molar-refractivity contribution in [1.29, 1.82) is 0 Å². The Kier molecular flexibility index (Phi) is 3.41. The van der Waals surface area contributed by atoms with E-state index in [1.54, 1.807) is 6.07 Å². The Hall–Kier alpha value is -1.37. The molecule has 3 aliphatic rings. The van der Waals surface area contributed by atoms with Crippen molar-refractivity contribution in [2.24, 2.45) is 16.7 Å². The van der Waals surface area contributed by atoms with E-state index in [0.717, 1.165) is 4.68 Å². The van der Waals surface area contributed by atoms with E-state index in [1.165, 1.54) is 31.9 Å². The smallest absolute Gasteiger partial charge is 0.435 e. The van der Waals surface area contributed by atoms with Crippen molar-refractivity contribution in [2.75, 3.05) is 0 Å². The van der Waals surface area contributed by atoms with Crippen LogP contribution in [0.1, 0.15) is 46.5 Å². The van der Waals surface area contributed by atoms with Gasteiger partial charge in [-0.1, -0.05) is 0 Å². The van der Waals surface area contributed by atoms with E-state index in [2.05, 4.69) is 5.10 Å². The summed E-state index contributed by atoms with van der Waals surface area (Å²) < 4.78 is 12.5. The molecule has 0 amide bonds. The summed E-state index contributed by atoms with van der Waals surface area (Å²) in [7, 11) is 5.71. The molecule has 2 spiro atoms. The molecular formula is C17H27B3N2O4. The van der Waals surface area contributed by atoms with Crippen molar-refractivity contribution in [2.45, 2.75) is 63.0 Å². The first-order chi connectivity index (χ1) is 11.8. The summed E-state index contributed by atoms with van der Waals surface area (Å²) in [5.74, 6) is 0.613. The van der Waals surface area contributed by atoms with Gasteiger partial charge < -0.3 is 14.6 Å². The largest absolute Gasteiger partial charge is 0.487 e. The van der Waals surface area contributed by atoms with Gasteiger partial charge in [-0.05, 0) is 63.2 Å². The summed E-state index contributed by atoms with van der Waals surface area (Å²) in [4.78, 5) is 12.1. The van der Waals surface area contributed by atoms with Crippen molar-refractivity contribution in [3.63, 3.8) is 0 Å². The number of fused-ring (bicyclic) bond motifs is 1. The Labute approximate surface area is 157 Å². The van der Waals surface area contributed by atoms with Crippen LogP contribution in [0.15, 0.2) is 12.3 Å². The number of rotatable bonds is 4. The van der Waals surface area contributed by atoms with Crippen LogP contribution in [0.25, 0.3) is 0 Å². The van der Waals surface area contributed by atoms with Gasteiger partial charge in [0, 0.05) is 12.3 Å². The van der Waals surface area contributed by atoms with Crippen LogP contribution in [0.3, 0.4) is 0 Å². The third-order valence-corrected chi connectivity index (χ3v) is 6.88. The molecule has 3 fully saturated rings. The first kappa shape index (κ1) is 18.0. The van der Waals surface area contributed by atoms with Crippen LogP contribution in [0, 0.1) is 16.7 Å². The van der Waals surface area contributed by atoms with Crippen molar-refractivity contribution in [1.82, 2.24) is 9.78 Å². The minimum absolute atomic E-state index is 0.297. The quantitative estimate of drug-likeness (QED) is 0.736. The van der Waals surface area contributed by atoms with Crippen LogP contribution in [-0.4, -0.2) is 61.0 Å². The zero-order valence-electron chi connectivity index (χ0n) is 16.6. The predicted molar refractivity (Wildman–Crippen MR) is 105 cm³/mol. The Bertz CT molecular complexity index is 742. The standard InChI is InChI=1S/C17H27B3N2O4/c1-13(2,3)26-12(23)22-9-4-10(21-22)25-17(19,20)16(18,24)11-14(5-6-14)15(11)7-8-15/h4,9,11,24H,5-8,18-20H2,1-3H3. The van der Waals surface area contributed by atoms with Crippen molar-refractivity contribution in [3.8, 4) is 5.88 Å². The molecule has 9 heteroatoms. The second-order valence-corrected chi connectivity index (χ2v) is 10.1. The van der Waals surface area contributed by atoms with E-state index in [0.29, 0.717) is 22.6 Å². The molecule has 1 aromatic rings. The van der Waals surface area contributed by atoms with Crippen LogP contribution in [0.4, 0.5) is 4.79 Å². The third kappa shape index (κ3) is 2.46. The monoisotopic (exact) mass is 356 g/mol. The lowest BCUT2D eigenvalue weighted by atomic mass is 9.47. The molecule has 1 atom stereocenters. The van der Waals surface area contributed by atoms with Gasteiger partial charge in [-0.3, -0.25) is 0 Å².